The molecular weight excluding hydrogens is 424 g/mol. The summed E-state index contributed by atoms with van der Waals surface area (Å²) in [6.07, 6.45) is -0.826. The normalized spacial score (nSPS) is 19.9. The van der Waals surface area contributed by atoms with Gasteiger partial charge in [0.2, 0.25) is 0 Å². The van der Waals surface area contributed by atoms with Crippen LogP contribution in [0.25, 0.3) is 0 Å². The van der Waals surface area contributed by atoms with Crippen LogP contribution in [-0.2, 0) is 20.8 Å². The first kappa shape index (κ1) is 22.1. The first-order chi connectivity index (χ1) is 15.7. The van der Waals surface area contributed by atoms with Gasteiger partial charge >= 0.3 is 11.9 Å². The van der Waals surface area contributed by atoms with Crippen LogP contribution in [0.5, 0.6) is 0 Å². The van der Waals surface area contributed by atoms with Crippen LogP contribution in [0.3, 0.4) is 0 Å². The number of hydrogen-bond acceptors (Lipinski definition) is 6. The summed E-state index contributed by atoms with van der Waals surface area (Å²) in [4.78, 5) is 25.1. The van der Waals surface area contributed by atoms with Crippen LogP contribution in [-0.4, -0.2) is 41.8 Å². The molecule has 5 nitrogen and oxygen atoms in total. The maximum atomic E-state index is 12.7. The van der Waals surface area contributed by atoms with Gasteiger partial charge < -0.3 is 14.2 Å². The molecule has 0 bridgehead atoms. The molecule has 164 valence electrons. The van der Waals surface area contributed by atoms with Crippen LogP contribution in [0.4, 0.5) is 0 Å². The van der Waals surface area contributed by atoms with E-state index in [4.69, 9.17) is 14.2 Å². The summed E-state index contributed by atoms with van der Waals surface area (Å²) in [5, 5.41) is -0.212. The number of benzene rings is 3. The molecule has 0 aliphatic carbocycles. The average molecular weight is 449 g/mol. The fourth-order valence-electron chi connectivity index (χ4n) is 3.44. The molecule has 1 fully saturated rings. The molecule has 0 unspecified atom stereocenters. The quantitative estimate of drug-likeness (QED) is 0.463. The zero-order valence-corrected chi connectivity index (χ0v) is 18.3. The highest BCUT2D eigenvalue weighted by Gasteiger charge is 2.41. The van der Waals surface area contributed by atoms with E-state index in [1.54, 1.807) is 60.3 Å². The zero-order chi connectivity index (χ0) is 22.2. The van der Waals surface area contributed by atoms with E-state index in [2.05, 4.69) is 0 Å². The number of carbonyl (C=O) groups is 2. The van der Waals surface area contributed by atoms with E-state index in [1.165, 1.54) is 0 Å². The Kier molecular flexibility index (Phi) is 7.59. The molecule has 0 saturated carbocycles. The molecular formula is C26H24O5S. The lowest BCUT2D eigenvalue weighted by Crippen LogP contribution is -2.38. The Morgan fingerprint density at radius 3 is 1.97 bits per heavy atom. The summed E-state index contributed by atoms with van der Waals surface area (Å²) in [6, 6.07) is 27.6. The lowest BCUT2D eigenvalue weighted by molar-refractivity contribution is -0.0484. The van der Waals surface area contributed by atoms with Gasteiger partial charge in [-0.05, 0) is 29.8 Å². The Hall–Kier alpha value is -3.09. The maximum absolute atomic E-state index is 12.7. The SMILES string of the molecule is O=C(OC[C@H]1SC[C@H](OCc2ccccc2)[C@H]1OC(=O)c1ccccc1)c1ccccc1. The second kappa shape index (κ2) is 11.0. The van der Waals surface area contributed by atoms with E-state index in [9.17, 15) is 9.59 Å². The molecule has 0 radical (unpaired) electrons. The number of ether oxygens (including phenoxy) is 3. The van der Waals surface area contributed by atoms with Gasteiger partial charge in [-0.3, -0.25) is 0 Å². The van der Waals surface area contributed by atoms with Gasteiger partial charge in [-0.15, -0.1) is 11.8 Å². The Morgan fingerprint density at radius 1 is 0.781 bits per heavy atom. The molecule has 3 atom stereocenters. The van der Waals surface area contributed by atoms with Crippen molar-refractivity contribution in [3.63, 3.8) is 0 Å². The molecule has 0 N–H and O–H groups in total. The molecule has 6 heteroatoms. The summed E-state index contributed by atoms with van der Waals surface area (Å²) in [5.74, 6) is -0.161. The van der Waals surface area contributed by atoms with Crippen molar-refractivity contribution in [2.24, 2.45) is 0 Å². The van der Waals surface area contributed by atoms with Gasteiger partial charge in [0, 0.05) is 5.75 Å². The van der Waals surface area contributed by atoms with Gasteiger partial charge in [0.15, 0.2) is 0 Å². The molecule has 1 heterocycles. The van der Waals surface area contributed by atoms with E-state index in [0.29, 0.717) is 23.5 Å². The zero-order valence-electron chi connectivity index (χ0n) is 17.5. The van der Waals surface area contributed by atoms with Crippen molar-refractivity contribution in [2.75, 3.05) is 12.4 Å². The van der Waals surface area contributed by atoms with Crippen molar-refractivity contribution in [1.29, 1.82) is 0 Å². The topological polar surface area (TPSA) is 61.8 Å². The highest BCUT2D eigenvalue weighted by molar-refractivity contribution is 8.00. The van der Waals surface area contributed by atoms with Gasteiger partial charge in [-0.2, -0.15) is 0 Å². The highest BCUT2D eigenvalue weighted by Crippen LogP contribution is 2.33. The van der Waals surface area contributed by atoms with Crippen LogP contribution in [0.1, 0.15) is 26.3 Å². The summed E-state index contributed by atoms with van der Waals surface area (Å²) < 4.78 is 17.5. The monoisotopic (exact) mass is 448 g/mol. The number of rotatable bonds is 8. The molecule has 3 aromatic rings. The Morgan fingerprint density at radius 2 is 1.34 bits per heavy atom. The van der Waals surface area contributed by atoms with E-state index >= 15 is 0 Å². The summed E-state index contributed by atoms with van der Waals surface area (Å²) in [7, 11) is 0. The summed E-state index contributed by atoms with van der Waals surface area (Å²) >= 11 is 1.59. The molecule has 1 saturated heterocycles. The van der Waals surface area contributed by atoms with Crippen LogP contribution < -0.4 is 0 Å². The van der Waals surface area contributed by atoms with Crippen molar-refractivity contribution in [1.82, 2.24) is 0 Å². The third-order valence-electron chi connectivity index (χ3n) is 5.16. The summed E-state index contributed by atoms with van der Waals surface area (Å²) in [6.45, 7) is 0.554. The van der Waals surface area contributed by atoms with E-state index < -0.39 is 18.0 Å². The van der Waals surface area contributed by atoms with Crippen molar-refractivity contribution in [3.05, 3.63) is 108 Å². The van der Waals surface area contributed by atoms with Crippen molar-refractivity contribution in [2.45, 2.75) is 24.1 Å². The molecule has 4 rings (SSSR count). The Balaban J connectivity index is 1.43. The van der Waals surface area contributed by atoms with E-state index in [1.807, 2.05) is 42.5 Å². The molecule has 32 heavy (non-hydrogen) atoms. The van der Waals surface area contributed by atoms with Crippen LogP contribution in [0.2, 0.25) is 0 Å². The van der Waals surface area contributed by atoms with Crippen LogP contribution in [0.15, 0.2) is 91.0 Å². The average Bonchev–Trinajstić information content (AvgIpc) is 3.24. The van der Waals surface area contributed by atoms with Gasteiger partial charge in [-0.1, -0.05) is 66.7 Å². The van der Waals surface area contributed by atoms with Gasteiger partial charge in [0.05, 0.1) is 23.0 Å². The molecule has 1 aliphatic heterocycles. The Labute approximate surface area is 191 Å². The lowest BCUT2D eigenvalue weighted by atomic mass is 10.1. The second-order valence-electron chi connectivity index (χ2n) is 7.41. The number of thioether (sulfide) groups is 1. The van der Waals surface area contributed by atoms with Gasteiger partial charge in [0.25, 0.3) is 0 Å². The lowest BCUT2D eigenvalue weighted by Gasteiger charge is -2.24. The highest BCUT2D eigenvalue weighted by atomic mass is 32.2. The predicted molar refractivity (Wildman–Crippen MR) is 124 cm³/mol. The van der Waals surface area contributed by atoms with Crippen LogP contribution in [0, 0.1) is 0 Å². The fraction of sp³-hybridized carbons (Fsp3) is 0.231. The molecule has 0 spiro atoms. The summed E-state index contributed by atoms with van der Waals surface area (Å²) in [5.41, 5.74) is 2.01. The number of esters is 2. The third-order valence-corrected chi connectivity index (χ3v) is 6.51. The maximum Gasteiger partial charge on any atom is 0.338 e. The van der Waals surface area contributed by atoms with Crippen LogP contribution >= 0.6 is 11.8 Å². The van der Waals surface area contributed by atoms with E-state index in [0.717, 1.165) is 5.56 Å². The minimum absolute atomic E-state index is 0.135. The standard InChI is InChI=1S/C26H24O5S/c27-25(20-12-6-2-7-13-20)30-17-23-24(31-26(28)21-14-8-3-9-15-21)22(18-32-23)29-16-19-10-4-1-5-11-19/h1-15,22-24H,16-18H2/t22-,23+,24+/m0/s1. The second-order valence-corrected chi connectivity index (χ2v) is 8.68. The first-order valence-electron chi connectivity index (χ1n) is 10.5. The molecule has 3 aromatic carbocycles. The fourth-order valence-corrected chi connectivity index (χ4v) is 4.75. The number of hydrogen-bond donors (Lipinski definition) is 0. The smallest absolute Gasteiger partial charge is 0.338 e. The predicted octanol–water partition coefficient (Wildman–Crippen LogP) is 4.77. The first-order valence-corrected chi connectivity index (χ1v) is 11.5. The van der Waals surface area contributed by atoms with E-state index in [-0.39, 0.29) is 18.0 Å². The van der Waals surface area contributed by atoms with Crippen molar-refractivity contribution >= 4 is 23.7 Å². The van der Waals surface area contributed by atoms with Gasteiger partial charge in [0.1, 0.15) is 18.8 Å². The minimum Gasteiger partial charge on any atom is -0.461 e. The minimum atomic E-state index is -0.528. The molecule has 0 aromatic heterocycles. The largest absolute Gasteiger partial charge is 0.461 e. The molecule has 0 amide bonds. The van der Waals surface area contributed by atoms with Crippen molar-refractivity contribution in [3.8, 4) is 0 Å². The van der Waals surface area contributed by atoms with Crippen molar-refractivity contribution < 1.29 is 23.8 Å². The number of carbonyl (C=O) groups excluding carboxylic acids is 2. The molecule has 1 aliphatic rings. The Bertz CT molecular complexity index is 1010. The van der Waals surface area contributed by atoms with Gasteiger partial charge in [-0.25, -0.2) is 9.59 Å². The third kappa shape index (κ3) is 5.78.